The number of amides is 1. The number of hydrogen-bond donors (Lipinski definition) is 2. The van der Waals surface area contributed by atoms with E-state index in [2.05, 4.69) is 36.5 Å². The lowest BCUT2D eigenvalue weighted by Crippen LogP contribution is -2.24. The van der Waals surface area contributed by atoms with Crippen LogP contribution in [0.15, 0.2) is 60.2 Å². The summed E-state index contributed by atoms with van der Waals surface area (Å²) in [4.78, 5) is 23.4. The fourth-order valence-corrected chi connectivity index (χ4v) is 3.33. The van der Waals surface area contributed by atoms with Crippen LogP contribution in [0, 0.1) is 0 Å². The Morgan fingerprint density at radius 1 is 1.11 bits per heavy atom. The van der Waals surface area contributed by atoms with Crippen molar-refractivity contribution < 1.29 is 14.7 Å². The molecule has 0 atom stereocenters. The van der Waals surface area contributed by atoms with Crippen molar-refractivity contribution in [3.05, 3.63) is 82.4 Å². The summed E-state index contributed by atoms with van der Waals surface area (Å²) in [5.41, 5.74) is 6.76. The first-order chi connectivity index (χ1) is 13.1. The van der Waals surface area contributed by atoms with Crippen LogP contribution in [-0.2, 0) is 11.2 Å². The molecule has 1 amide bonds. The molecule has 0 aliphatic heterocycles. The number of rotatable bonds is 7. The average molecular weight is 361 g/mol. The van der Waals surface area contributed by atoms with Crippen LogP contribution >= 0.6 is 0 Å². The Labute approximate surface area is 159 Å². The number of benzene rings is 2. The van der Waals surface area contributed by atoms with Gasteiger partial charge in [0.15, 0.2) is 5.78 Å². The van der Waals surface area contributed by atoms with Crippen molar-refractivity contribution in [3.8, 4) is 0 Å². The molecule has 0 fully saturated rings. The minimum atomic E-state index is -0.503. The molecule has 0 spiro atoms. The molecular formula is C23H23NO3. The number of carbonyl (C=O) groups excluding carboxylic acids is 2. The zero-order valence-electron chi connectivity index (χ0n) is 15.4. The first-order valence-corrected chi connectivity index (χ1v) is 9.05. The molecule has 4 heteroatoms. The summed E-state index contributed by atoms with van der Waals surface area (Å²) in [7, 11) is 0. The van der Waals surface area contributed by atoms with E-state index in [9.17, 15) is 9.59 Å². The lowest BCUT2D eigenvalue weighted by atomic mass is 10.0. The highest BCUT2D eigenvalue weighted by Crippen LogP contribution is 2.34. The number of carbonyl (C=O) groups is 2. The van der Waals surface area contributed by atoms with Crippen LogP contribution in [0.3, 0.4) is 0 Å². The van der Waals surface area contributed by atoms with Gasteiger partial charge in [-0.3, -0.25) is 9.59 Å². The average Bonchev–Trinajstić information content (AvgIpc) is 3.01. The third-order valence-electron chi connectivity index (χ3n) is 4.76. The van der Waals surface area contributed by atoms with Crippen LogP contribution in [-0.4, -0.2) is 29.9 Å². The van der Waals surface area contributed by atoms with Gasteiger partial charge in [0.2, 0.25) is 0 Å². The zero-order valence-corrected chi connectivity index (χ0v) is 15.4. The Morgan fingerprint density at radius 3 is 2.59 bits per heavy atom. The first-order valence-electron chi connectivity index (χ1n) is 9.05. The largest absolute Gasteiger partial charge is 0.388 e. The van der Waals surface area contributed by atoms with Crippen molar-refractivity contribution in [2.45, 2.75) is 19.8 Å². The van der Waals surface area contributed by atoms with E-state index in [4.69, 9.17) is 5.11 Å². The standard InChI is InChI=1S/C23H23NO3/c1-16-14-19-4-2-3-5-22(19)21(16)12-13-24-23(27)18-9-6-17(7-10-18)8-11-20(26)15-25/h2-11,25H,12-15H2,1H3,(H,24,27)/b11-8+. The van der Waals surface area contributed by atoms with Gasteiger partial charge in [-0.25, -0.2) is 0 Å². The highest BCUT2D eigenvalue weighted by Gasteiger charge is 2.17. The molecule has 1 aliphatic rings. The zero-order chi connectivity index (χ0) is 19.2. The molecule has 2 aromatic rings. The molecule has 0 bridgehead atoms. The summed E-state index contributed by atoms with van der Waals surface area (Å²) >= 11 is 0. The van der Waals surface area contributed by atoms with Crippen molar-refractivity contribution in [3.63, 3.8) is 0 Å². The van der Waals surface area contributed by atoms with Crippen LogP contribution < -0.4 is 5.32 Å². The fraction of sp³-hybridized carbons (Fsp3) is 0.217. The van der Waals surface area contributed by atoms with Gasteiger partial charge >= 0.3 is 0 Å². The topological polar surface area (TPSA) is 66.4 Å². The monoisotopic (exact) mass is 361 g/mol. The number of nitrogens with one attached hydrogen (secondary N) is 1. The van der Waals surface area contributed by atoms with Gasteiger partial charge in [0.05, 0.1) is 0 Å². The molecule has 138 valence electrons. The molecule has 4 nitrogen and oxygen atoms in total. The maximum Gasteiger partial charge on any atom is 0.251 e. The van der Waals surface area contributed by atoms with E-state index in [-0.39, 0.29) is 11.7 Å². The Bertz CT molecular complexity index is 907. The van der Waals surface area contributed by atoms with E-state index in [1.807, 2.05) is 0 Å². The molecule has 3 rings (SSSR count). The normalized spacial score (nSPS) is 13.1. The molecule has 0 aromatic heterocycles. The lowest BCUT2D eigenvalue weighted by molar-refractivity contribution is -0.117. The van der Waals surface area contributed by atoms with Crippen LogP contribution in [0.4, 0.5) is 0 Å². The van der Waals surface area contributed by atoms with E-state index in [1.165, 1.54) is 28.3 Å². The second-order valence-corrected chi connectivity index (χ2v) is 6.68. The van der Waals surface area contributed by atoms with Crippen LogP contribution in [0.25, 0.3) is 11.6 Å². The van der Waals surface area contributed by atoms with Gasteiger partial charge in [-0.1, -0.05) is 48.0 Å². The smallest absolute Gasteiger partial charge is 0.251 e. The fourth-order valence-electron chi connectivity index (χ4n) is 3.33. The number of hydrogen-bond acceptors (Lipinski definition) is 3. The van der Waals surface area contributed by atoms with Gasteiger partial charge in [0.25, 0.3) is 5.91 Å². The number of ketones is 1. The molecule has 2 aromatic carbocycles. The quantitative estimate of drug-likeness (QED) is 0.743. The van der Waals surface area contributed by atoms with Gasteiger partial charge in [0, 0.05) is 12.1 Å². The van der Waals surface area contributed by atoms with Crippen molar-refractivity contribution in [1.82, 2.24) is 5.32 Å². The lowest BCUT2D eigenvalue weighted by Gasteiger charge is -2.09. The Morgan fingerprint density at radius 2 is 1.85 bits per heavy atom. The van der Waals surface area contributed by atoms with Gasteiger partial charge in [-0.15, -0.1) is 0 Å². The maximum absolute atomic E-state index is 12.3. The highest BCUT2D eigenvalue weighted by molar-refractivity contribution is 5.96. The summed E-state index contributed by atoms with van der Waals surface area (Å²) in [6.45, 7) is 2.24. The predicted molar refractivity (Wildman–Crippen MR) is 107 cm³/mol. The van der Waals surface area contributed by atoms with Gasteiger partial charge in [-0.2, -0.15) is 0 Å². The molecular weight excluding hydrogens is 338 g/mol. The molecule has 1 aliphatic carbocycles. The highest BCUT2D eigenvalue weighted by atomic mass is 16.3. The molecule has 27 heavy (non-hydrogen) atoms. The SMILES string of the molecule is CC1=C(CCNC(=O)c2ccc(/C=C/C(=O)CO)cc2)c2ccccc2C1. The third-order valence-corrected chi connectivity index (χ3v) is 4.76. The first kappa shape index (κ1) is 18.8. The Kier molecular flexibility index (Phi) is 5.99. The van der Waals surface area contributed by atoms with Gasteiger partial charge in [-0.05, 0) is 60.2 Å². The molecule has 0 unspecified atom stereocenters. The van der Waals surface area contributed by atoms with Crippen LogP contribution in [0.1, 0.15) is 40.4 Å². The van der Waals surface area contributed by atoms with E-state index in [0.29, 0.717) is 12.1 Å². The van der Waals surface area contributed by atoms with E-state index < -0.39 is 6.61 Å². The van der Waals surface area contributed by atoms with Gasteiger partial charge < -0.3 is 10.4 Å². The Balaban J connectivity index is 1.55. The minimum absolute atomic E-state index is 0.110. The number of aliphatic hydroxyl groups is 1. The van der Waals surface area contributed by atoms with E-state index in [0.717, 1.165) is 18.4 Å². The van der Waals surface area contributed by atoms with E-state index >= 15 is 0 Å². The summed E-state index contributed by atoms with van der Waals surface area (Å²) in [6, 6.07) is 15.4. The second-order valence-electron chi connectivity index (χ2n) is 6.68. The summed E-state index contributed by atoms with van der Waals surface area (Å²) in [5.74, 6) is -0.462. The van der Waals surface area contributed by atoms with Gasteiger partial charge in [0.1, 0.15) is 6.61 Å². The molecule has 0 radical (unpaired) electrons. The predicted octanol–water partition coefficient (Wildman–Crippen LogP) is 3.41. The third kappa shape index (κ3) is 4.60. The molecule has 0 heterocycles. The molecule has 2 N–H and O–H groups in total. The molecule has 0 saturated carbocycles. The van der Waals surface area contributed by atoms with Crippen LogP contribution in [0.5, 0.6) is 0 Å². The maximum atomic E-state index is 12.3. The summed E-state index contributed by atoms with van der Waals surface area (Å²) in [6.07, 6.45) is 4.75. The number of fused-ring (bicyclic) bond motifs is 1. The Hall–Kier alpha value is -2.98. The second kappa shape index (κ2) is 8.60. The summed E-state index contributed by atoms with van der Waals surface area (Å²) in [5, 5.41) is 11.7. The minimum Gasteiger partial charge on any atom is -0.388 e. The van der Waals surface area contributed by atoms with Crippen LogP contribution in [0.2, 0.25) is 0 Å². The van der Waals surface area contributed by atoms with E-state index in [1.54, 1.807) is 30.3 Å². The number of aliphatic hydroxyl groups excluding tert-OH is 1. The van der Waals surface area contributed by atoms with Crippen molar-refractivity contribution in [2.75, 3.05) is 13.2 Å². The van der Waals surface area contributed by atoms with Crippen molar-refractivity contribution >= 4 is 23.3 Å². The van der Waals surface area contributed by atoms with Crippen molar-refractivity contribution in [1.29, 1.82) is 0 Å². The molecule has 0 saturated heterocycles. The van der Waals surface area contributed by atoms with Crippen molar-refractivity contribution in [2.24, 2.45) is 0 Å². The summed E-state index contributed by atoms with van der Waals surface area (Å²) < 4.78 is 0. The number of allylic oxidation sites excluding steroid dienone is 1.